The molecule has 1 N–H and O–H groups in total. The van der Waals surface area contributed by atoms with Crippen LogP contribution in [-0.2, 0) is 4.79 Å². The van der Waals surface area contributed by atoms with Crippen LogP contribution in [0.2, 0.25) is 0 Å². The topological polar surface area (TPSA) is 83.7 Å². The molecule has 1 aliphatic heterocycles. The average molecular weight is 264 g/mol. The summed E-state index contributed by atoms with van der Waals surface area (Å²) in [6, 6.07) is 4.74. The first kappa shape index (κ1) is 13.3. The van der Waals surface area contributed by atoms with E-state index < -0.39 is 16.4 Å². The molecule has 1 aromatic rings. The van der Waals surface area contributed by atoms with Gasteiger partial charge in [-0.3, -0.25) is 10.1 Å². The van der Waals surface area contributed by atoms with Crippen molar-refractivity contribution in [2.24, 2.45) is 0 Å². The summed E-state index contributed by atoms with van der Waals surface area (Å²) < 4.78 is 0. The highest BCUT2D eigenvalue weighted by molar-refractivity contribution is 5.84. The van der Waals surface area contributed by atoms with Gasteiger partial charge in [0.1, 0.15) is 5.54 Å². The van der Waals surface area contributed by atoms with Crippen molar-refractivity contribution in [3.05, 3.63) is 33.9 Å². The number of carbonyl (C=O) groups is 1. The Morgan fingerprint density at radius 3 is 2.74 bits per heavy atom. The van der Waals surface area contributed by atoms with Crippen molar-refractivity contribution >= 4 is 17.3 Å². The molecule has 1 aliphatic rings. The molecular formula is C13H16N2O4. The minimum absolute atomic E-state index is 0.0555. The maximum Gasteiger partial charge on any atom is 0.329 e. The van der Waals surface area contributed by atoms with Crippen molar-refractivity contribution < 1.29 is 14.8 Å². The zero-order valence-electron chi connectivity index (χ0n) is 10.9. The van der Waals surface area contributed by atoms with E-state index in [0.717, 1.165) is 12.1 Å². The summed E-state index contributed by atoms with van der Waals surface area (Å²) in [5.74, 6) is -0.860. The van der Waals surface area contributed by atoms with Crippen LogP contribution >= 0.6 is 0 Å². The first-order chi connectivity index (χ1) is 8.86. The highest BCUT2D eigenvalue weighted by Gasteiger charge is 2.43. The third-order valence-electron chi connectivity index (χ3n) is 3.79. The molecule has 0 aliphatic carbocycles. The van der Waals surface area contributed by atoms with Gasteiger partial charge in [-0.2, -0.15) is 0 Å². The van der Waals surface area contributed by atoms with Gasteiger partial charge in [0.15, 0.2) is 0 Å². The first-order valence-corrected chi connectivity index (χ1v) is 6.12. The molecule has 0 amide bonds. The second-order valence-electron chi connectivity index (χ2n) is 5.06. The fraction of sp³-hybridized carbons (Fsp3) is 0.462. The molecule has 1 atom stereocenters. The summed E-state index contributed by atoms with van der Waals surface area (Å²) in [6.07, 6.45) is 1.39. The largest absolute Gasteiger partial charge is 0.480 e. The fourth-order valence-corrected chi connectivity index (χ4v) is 2.61. The van der Waals surface area contributed by atoms with E-state index in [0.29, 0.717) is 18.5 Å². The number of aliphatic carboxylic acids is 1. The maximum absolute atomic E-state index is 11.4. The van der Waals surface area contributed by atoms with Crippen LogP contribution in [0.3, 0.4) is 0 Å². The van der Waals surface area contributed by atoms with Crippen molar-refractivity contribution in [3.63, 3.8) is 0 Å². The number of carboxylic acids is 1. The molecule has 1 saturated heterocycles. The van der Waals surface area contributed by atoms with Gasteiger partial charge in [0.2, 0.25) is 0 Å². The van der Waals surface area contributed by atoms with E-state index in [4.69, 9.17) is 0 Å². The molecule has 1 unspecified atom stereocenters. The molecular weight excluding hydrogens is 248 g/mol. The van der Waals surface area contributed by atoms with Crippen molar-refractivity contribution in [1.82, 2.24) is 0 Å². The first-order valence-electron chi connectivity index (χ1n) is 6.12. The Labute approximate surface area is 110 Å². The van der Waals surface area contributed by atoms with E-state index in [2.05, 4.69) is 0 Å². The van der Waals surface area contributed by atoms with Gasteiger partial charge in [-0.15, -0.1) is 0 Å². The molecule has 0 saturated carbocycles. The number of rotatable bonds is 3. The zero-order valence-corrected chi connectivity index (χ0v) is 10.9. The molecule has 102 valence electrons. The lowest BCUT2D eigenvalue weighted by Gasteiger charge is -2.33. The molecule has 19 heavy (non-hydrogen) atoms. The normalized spacial score (nSPS) is 22.5. The summed E-state index contributed by atoms with van der Waals surface area (Å²) in [5, 5.41) is 20.2. The number of aryl methyl sites for hydroxylation is 1. The van der Waals surface area contributed by atoms with Crippen LogP contribution in [0.4, 0.5) is 11.4 Å². The summed E-state index contributed by atoms with van der Waals surface area (Å²) in [4.78, 5) is 23.6. The lowest BCUT2D eigenvalue weighted by molar-refractivity contribution is -0.385. The van der Waals surface area contributed by atoms with E-state index in [1.807, 2.05) is 4.90 Å². The second kappa shape index (κ2) is 4.53. The highest BCUT2D eigenvalue weighted by atomic mass is 16.6. The summed E-state index contributed by atoms with van der Waals surface area (Å²) in [6.45, 7) is 4.01. The number of nitro groups is 1. The molecule has 0 radical (unpaired) electrons. The molecule has 0 bridgehead atoms. The molecule has 1 fully saturated rings. The monoisotopic (exact) mass is 264 g/mol. The average Bonchev–Trinajstić information content (AvgIpc) is 2.72. The van der Waals surface area contributed by atoms with E-state index in [9.17, 15) is 20.0 Å². The van der Waals surface area contributed by atoms with Crippen LogP contribution in [-0.4, -0.2) is 28.1 Å². The van der Waals surface area contributed by atoms with Crippen LogP contribution in [0.1, 0.15) is 25.3 Å². The third-order valence-corrected chi connectivity index (χ3v) is 3.79. The Bertz CT molecular complexity index is 543. The number of anilines is 1. The van der Waals surface area contributed by atoms with Gasteiger partial charge >= 0.3 is 5.97 Å². The van der Waals surface area contributed by atoms with E-state index in [1.165, 1.54) is 6.07 Å². The van der Waals surface area contributed by atoms with Crippen molar-refractivity contribution in [2.75, 3.05) is 11.4 Å². The lowest BCUT2D eigenvalue weighted by Crippen LogP contribution is -2.48. The SMILES string of the molecule is Cc1cc(N2CCCC2(C)C(=O)O)ccc1[N+](=O)[O-]. The zero-order chi connectivity index (χ0) is 14.2. The van der Waals surface area contributed by atoms with Gasteiger partial charge in [0.05, 0.1) is 4.92 Å². The van der Waals surface area contributed by atoms with Crippen LogP contribution in [0.25, 0.3) is 0 Å². The highest BCUT2D eigenvalue weighted by Crippen LogP contribution is 2.35. The molecule has 1 heterocycles. The Balaban J connectivity index is 2.40. The summed E-state index contributed by atoms with van der Waals surface area (Å²) >= 11 is 0. The van der Waals surface area contributed by atoms with Gasteiger partial charge in [0.25, 0.3) is 5.69 Å². The predicted octanol–water partition coefficient (Wildman–Crippen LogP) is 2.35. The number of carboxylic acid groups (broad SMARTS) is 1. The van der Waals surface area contributed by atoms with Crippen LogP contribution in [0.5, 0.6) is 0 Å². The standard InChI is InChI=1S/C13H16N2O4/c1-9-8-10(4-5-11(9)15(18)19)14-7-3-6-13(14,2)12(16)17/h4-5,8H,3,6-7H2,1-2H3,(H,16,17). The Hall–Kier alpha value is -2.11. The van der Waals surface area contributed by atoms with Gasteiger partial charge in [0, 0.05) is 23.9 Å². The van der Waals surface area contributed by atoms with Gasteiger partial charge in [-0.1, -0.05) is 0 Å². The summed E-state index contributed by atoms with van der Waals surface area (Å²) in [7, 11) is 0. The molecule has 2 rings (SSSR count). The van der Waals surface area contributed by atoms with Crippen LogP contribution < -0.4 is 4.90 Å². The quantitative estimate of drug-likeness (QED) is 0.669. The maximum atomic E-state index is 11.4. The van der Waals surface area contributed by atoms with E-state index in [-0.39, 0.29) is 5.69 Å². The Kier molecular flexibility index (Phi) is 3.18. The molecule has 1 aromatic carbocycles. The fourth-order valence-electron chi connectivity index (χ4n) is 2.61. The molecule has 0 aromatic heterocycles. The number of benzene rings is 1. The van der Waals surface area contributed by atoms with Gasteiger partial charge < -0.3 is 10.0 Å². The lowest BCUT2D eigenvalue weighted by atomic mass is 9.98. The third kappa shape index (κ3) is 2.14. The summed E-state index contributed by atoms with van der Waals surface area (Å²) in [5.41, 5.74) is 0.398. The Morgan fingerprint density at radius 2 is 2.21 bits per heavy atom. The van der Waals surface area contributed by atoms with Gasteiger partial charge in [-0.25, -0.2) is 4.79 Å². The van der Waals surface area contributed by atoms with Crippen molar-refractivity contribution in [3.8, 4) is 0 Å². The van der Waals surface area contributed by atoms with Crippen molar-refractivity contribution in [1.29, 1.82) is 0 Å². The molecule has 6 heteroatoms. The van der Waals surface area contributed by atoms with E-state index >= 15 is 0 Å². The minimum atomic E-state index is -0.928. The van der Waals surface area contributed by atoms with Crippen LogP contribution in [0.15, 0.2) is 18.2 Å². The number of hydrogen-bond donors (Lipinski definition) is 1. The predicted molar refractivity (Wildman–Crippen MR) is 70.5 cm³/mol. The molecule has 0 spiro atoms. The second-order valence-corrected chi connectivity index (χ2v) is 5.06. The number of nitro benzene ring substituents is 1. The van der Waals surface area contributed by atoms with Gasteiger partial charge in [-0.05, 0) is 38.8 Å². The van der Waals surface area contributed by atoms with Crippen molar-refractivity contribution in [2.45, 2.75) is 32.2 Å². The number of hydrogen-bond acceptors (Lipinski definition) is 4. The molecule has 6 nitrogen and oxygen atoms in total. The smallest absolute Gasteiger partial charge is 0.329 e. The van der Waals surface area contributed by atoms with E-state index in [1.54, 1.807) is 26.0 Å². The number of nitrogens with zero attached hydrogens (tertiary/aromatic N) is 2. The Morgan fingerprint density at radius 1 is 1.53 bits per heavy atom. The van der Waals surface area contributed by atoms with Crippen LogP contribution in [0, 0.1) is 17.0 Å². The minimum Gasteiger partial charge on any atom is -0.480 e.